The van der Waals surface area contributed by atoms with Crippen molar-refractivity contribution in [3.05, 3.63) is 72.8 Å². The SMILES string of the molecule is CC/C=C/CC(O[Si](c1ccccc1)(c1ccccc1)C(C)(C)C)C1CC(=O)O1. The Balaban J connectivity index is 2.10. The lowest BCUT2D eigenvalue weighted by atomic mass is 10.0. The molecule has 3 rings (SSSR count). The van der Waals surface area contributed by atoms with E-state index in [4.69, 9.17) is 9.16 Å². The molecule has 29 heavy (non-hydrogen) atoms. The molecule has 2 atom stereocenters. The minimum atomic E-state index is -2.66. The first-order valence-corrected chi connectivity index (χ1v) is 12.4. The van der Waals surface area contributed by atoms with Gasteiger partial charge in [0.05, 0.1) is 12.5 Å². The molecule has 0 amide bonds. The van der Waals surface area contributed by atoms with Gasteiger partial charge < -0.3 is 9.16 Å². The van der Waals surface area contributed by atoms with E-state index in [2.05, 4.69) is 88.4 Å². The normalized spacial score (nSPS) is 18.3. The summed E-state index contributed by atoms with van der Waals surface area (Å²) in [5.74, 6) is -0.134. The predicted molar refractivity (Wildman–Crippen MR) is 121 cm³/mol. The van der Waals surface area contributed by atoms with Gasteiger partial charge in [-0.15, -0.1) is 0 Å². The molecule has 0 saturated carbocycles. The molecular weight excluding hydrogens is 376 g/mol. The van der Waals surface area contributed by atoms with Crippen molar-refractivity contribution < 1.29 is 14.0 Å². The van der Waals surface area contributed by atoms with Crippen LogP contribution in [0.15, 0.2) is 72.8 Å². The molecule has 1 fully saturated rings. The largest absolute Gasteiger partial charge is 0.459 e. The van der Waals surface area contributed by atoms with Gasteiger partial charge in [0.1, 0.15) is 6.10 Å². The van der Waals surface area contributed by atoms with Gasteiger partial charge in [0, 0.05) is 0 Å². The lowest BCUT2D eigenvalue weighted by Gasteiger charge is -2.47. The van der Waals surface area contributed by atoms with Gasteiger partial charge in [0.25, 0.3) is 8.32 Å². The number of carbonyl (C=O) groups is 1. The summed E-state index contributed by atoms with van der Waals surface area (Å²) in [6, 6.07) is 21.2. The van der Waals surface area contributed by atoms with Crippen LogP contribution in [0.2, 0.25) is 5.04 Å². The predicted octanol–water partition coefficient (Wildman–Crippen LogP) is 4.60. The average molecular weight is 409 g/mol. The van der Waals surface area contributed by atoms with Crippen LogP contribution in [-0.4, -0.2) is 26.5 Å². The van der Waals surface area contributed by atoms with Gasteiger partial charge in [-0.25, -0.2) is 0 Å². The maximum absolute atomic E-state index is 11.6. The lowest BCUT2D eigenvalue weighted by Crippen LogP contribution is -2.69. The fourth-order valence-corrected chi connectivity index (χ4v) is 8.84. The molecule has 3 nitrogen and oxygen atoms in total. The van der Waals surface area contributed by atoms with Crippen LogP contribution in [0.4, 0.5) is 0 Å². The first-order chi connectivity index (χ1) is 13.9. The van der Waals surface area contributed by atoms with E-state index in [-0.39, 0.29) is 23.2 Å². The van der Waals surface area contributed by atoms with Gasteiger partial charge in [0.2, 0.25) is 0 Å². The Morgan fingerprint density at radius 1 is 1.03 bits per heavy atom. The molecule has 0 aromatic heterocycles. The van der Waals surface area contributed by atoms with E-state index < -0.39 is 8.32 Å². The number of cyclic esters (lactones) is 1. The molecule has 1 aliphatic heterocycles. The number of hydrogen-bond donors (Lipinski definition) is 0. The van der Waals surface area contributed by atoms with Gasteiger partial charge in [0.15, 0.2) is 0 Å². The summed E-state index contributed by atoms with van der Waals surface area (Å²) in [5.41, 5.74) is 0. The molecule has 0 radical (unpaired) electrons. The van der Waals surface area contributed by atoms with Crippen molar-refractivity contribution in [3.8, 4) is 0 Å². The molecule has 0 bridgehead atoms. The van der Waals surface area contributed by atoms with E-state index in [1.54, 1.807) is 0 Å². The van der Waals surface area contributed by atoms with E-state index in [9.17, 15) is 4.79 Å². The van der Waals surface area contributed by atoms with Gasteiger partial charge >= 0.3 is 5.97 Å². The van der Waals surface area contributed by atoms with Gasteiger partial charge in [-0.05, 0) is 28.3 Å². The monoisotopic (exact) mass is 408 g/mol. The Morgan fingerprint density at radius 3 is 1.97 bits per heavy atom. The van der Waals surface area contributed by atoms with E-state index >= 15 is 0 Å². The number of rotatable bonds is 8. The maximum Gasteiger partial charge on any atom is 0.310 e. The zero-order valence-electron chi connectivity index (χ0n) is 17.9. The summed E-state index contributed by atoms with van der Waals surface area (Å²) in [7, 11) is -2.66. The Kier molecular flexibility index (Phi) is 6.76. The summed E-state index contributed by atoms with van der Waals surface area (Å²) in [6.07, 6.45) is 6.15. The van der Waals surface area contributed by atoms with Crippen molar-refractivity contribution in [1.82, 2.24) is 0 Å². The molecule has 154 valence electrons. The molecule has 2 aromatic carbocycles. The Bertz CT molecular complexity index is 777. The number of allylic oxidation sites excluding steroid dienone is 1. The second-order valence-electron chi connectivity index (χ2n) is 8.67. The fourth-order valence-electron chi connectivity index (χ4n) is 4.12. The number of benzene rings is 2. The maximum atomic E-state index is 11.6. The van der Waals surface area contributed by atoms with Crippen molar-refractivity contribution in [2.75, 3.05) is 0 Å². The zero-order chi connectivity index (χ0) is 20.9. The Morgan fingerprint density at radius 2 is 1.55 bits per heavy atom. The summed E-state index contributed by atoms with van der Waals surface area (Å²) in [4.78, 5) is 11.6. The second-order valence-corrected chi connectivity index (χ2v) is 12.9. The van der Waals surface area contributed by atoms with Crippen LogP contribution in [0.25, 0.3) is 0 Å². The number of carbonyl (C=O) groups excluding carboxylic acids is 1. The number of ether oxygens (including phenoxy) is 1. The van der Waals surface area contributed by atoms with Crippen LogP contribution in [0, 0.1) is 0 Å². The smallest absolute Gasteiger partial charge is 0.310 e. The van der Waals surface area contributed by atoms with E-state index in [0.29, 0.717) is 6.42 Å². The summed E-state index contributed by atoms with van der Waals surface area (Å²) in [5, 5.41) is 2.39. The molecule has 0 spiro atoms. The lowest BCUT2D eigenvalue weighted by molar-refractivity contribution is -0.178. The van der Waals surface area contributed by atoms with E-state index in [1.165, 1.54) is 10.4 Å². The van der Waals surface area contributed by atoms with E-state index in [0.717, 1.165) is 12.8 Å². The van der Waals surface area contributed by atoms with Crippen LogP contribution in [0.1, 0.15) is 47.0 Å². The fraction of sp³-hybridized carbons (Fsp3) is 0.400. The minimum absolute atomic E-state index is 0.101. The first-order valence-electron chi connectivity index (χ1n) is 10.5. The summed E-state index contributed by atoms with van der Waals surface area (Å²) in [6.45, 7) is 8.93. The van der Waals surface area contributed by atoms with E-state index in [1.807, 2.05) is 12.1 Å². The third-order valence-electron chi connectivity index (χ3n) is 5.58. The highest BCUT2D eigenvalue weighted by atomic mass is 28.4. The van der Waals surface area contributed by atoms with Crippen molar-refractivity contribution in [1.29, 1.82) is 0 Å². The Labute approximate surface area is 175 Å². The highest BCUT2D eigenvalue weighted by Gasteiger charge is 2.53. The summed E-state index contributed by atoms with van der Waals surface area (Å²) >= 11 is 0. The van der Waals surface area contributed by atoms with Gasteiger partial charge in [-0.1, -0.05) is 101 Å². The highest BCUT2D eigenvalue weighted by molar-refractivity contribution is 6.99. The molecule has 0 N–H and O–H groups in total. The van der Waals surface area contributed by atoms with Crippen molar-refractivity contribution in [3.63, 3.8) is 0 Å². The van der Waals surface area contributed by atoms with Gasteiger partial charge in [-0.3, -0.25) is 4.79 Å². The third kappa shape index (κ3) is 4.54. The molecule has 4 heteroatoms. The molecule has 1 aliphatic rings. The molecule has 0 aliphatic carbocycles. The molecule has 1 saturated heterocycles. The van der Waals surface area contributed by atoms with Crippen molar-refractivity contribution in [2.45, 2.75) is 64.2 Å². The van der Waals surface area contributed by atoms with Crippen LogP contribution < -0.4 is 10.4 Å². The average Bonchev–Trinajstić information content (AvgIpc) is 2.69. The quantitative estimate of drug-likeness (QED) is 0.364. The topological polar surface area (TPSA) is 35.5 Å². The van der Waals surface area contributed by atoms with Crippen LogP contribution in [-0.2, 0) is 14.0 Å². The third-order valence-corrected chi connectivity index (χ3v) is 10.6. The molecule has 2 aromatic rings. The van der Waals surface area contributed by atoms with Crippen LogP contribution in [0.3, 0.4) is 0 Å². The highest BCUT2D eigenvalue weighted by Crippen LogP contribution is 2.39. The molecule has 2 unspecified atom stereocenters. The number of hydrogen-bond acceptors (Lipinski definition) is 3. The van der Waals surface area contributed by atoms with Crippen molar-refractivity contribution in [2.24, 2.45) is 0 Å². The molecular formula is C25H32O3Si. The Hall–Kier alpha value is -2.17. The minimum Gasteiger partial charge on any atom is -0.459 e. The standard InChI is InChI=1S/C25H32O3Si/c1-5-6-9-18-22(23-19-24(26)27-23)28-29(25(2,3)4,20-14-10-7-11-15-20)21-16-12-8-13-17-21/h6-17,22-23H,5,18-19H2,1-4H3/b9-6+. The van der Waals surface area contributed by atoms with Gasteiger partial charge in [-0.2, -0.15) is 0 Å². The van der Waals surface area contributed by atoms with Crippen LogP contribution >= 0.6 is 0 Å². The van der Waals surface area contributed by atoms with Crippen LogP contribution in [0.5, 0.6) is 0 Å². The second kappa shape index (κ2) is 9.10. The zero-order valence-corrected chi connectivity index (χ0v) is 18.9. The number of esters is 1. The first kappa shape index (κ1) is 21.5. The summed E-state index contributed by atoms with van der Waals surface area (Å²) < 4.78 is 12.7. The van der Waals surface area contributed by atoms with Crippen molar-refractivity contribution >= 4 is 24.7 Å². The molecule has 1 heterocycles.